The number of carbonyl (C=O) groups is 1. The molecule has 0 amide bonds. The second kappa shape index (κ2) is 5.79. The number of ketones is 1. The summed E-state index contributed by atoms with van der Waals surface area (Å²) in [5, 5.41) is 4.01. The van der Waals surface area contributed by atoms with Gasteiger partial charge in [0, 0.05) is 30.4 Å². The number of Topliss-reactive ketones (excluding diaryl/α,β-unsaturated/α-hetero) is 1. The van der Waals surface area contributed by atoms with E-state index in [1.807, 2.05) is 0 Å². The molecular formula is C14H17N3O3S. The first kappa shape index (κ1) is 15.4. The third-order valence-electron chi connectivity index (χ3n) is 3.11. The highest BCUT2D eigenvalue weighted by Gasteiger charge is 2.19. The topological polar surface area (TPSA) is 81.1 Å². The Labute approximate surface area is 123 Å². The molecule has 0 bridgehead atoms. The lowest BCUT2D eigenvalue weighted by molar-refractivity contribution is 0.101. The van der Waals surface area contributed by atoms with Crippen molar-refractivity contribution in [1.82, 2.24) is 14.5 Å². The van der Waals surface area contributed by atoms with Crippen LogP contribution in [-0.4, -0.2) is 24.0 Å². The fourth-order valence-electron chi connectivity index (χ4n) is 1.91. The second-order valence-corrected chi connectivity index (χ2v) is 6.59. The average Bonchev–Trinajstić information content (AvgIpc) is 2.85. The van der Waals surface area contributed by atoms with Gasteiger partial charge in [-0.15, -0.1) is 0 Å². The van der Waals surface area contributed by atoms with Gasteiger partial charge in [-0.1, -0.05) is 12.1 Å². The number of rotatable bonds is 5. The maximum atomic E-state index is 12.3. The van der Waals surface area contributed by atoms with Crippen LogP contribution in [0.2, 0.25) is 0 Å². The van der Waals surface area contributed by atoms with E-state index in [4.69, 9.17) is 0 Å². The molecule has 1 aromatic heterocycles. The highest BCUT2D eigenvalue weighted by atomic mass is 32.2. The normalized spacial score (nSPS) is 13.1. The summed E-state index contributed by atoms with van der Waals surface area (Å²) in [6, 6.07) is 5.57. The minimum atomic E-state index is -3.69. The van der Waals surface area contributed by atoms with E-state index >= 15 is 0 Å². The monoisotopic (exact) mass is 307 g/mol. The summed E-state index contributed by atoms with van der Waals surface area (Å²) < 4.78 is 28.9. The Morgan fingerprint density at radius 2 is 2.10 bits per heavy atom. The molecule has 1 atom stereocenters. The summed E-state index contributed by atoms with van der Waals surface area (Å²) in [6.07, 6.45) is 3.36. The molecule has 1 heterocycles. The number of hydrogen-bond acceptors (Lipinski definition) is 4. The zero-order valence-electron chi connectivity index (χ0n) is 12.1. The lowest BCUT2D eigenvalue weighted by atomic mass is 10.2. The predicted octanol–water partition coefficient (Wildman–Crippen LogP) is 1.66. The Balaban J connectivity index is 2.26. The highest BCUT2D eigenvalue weighted by Crippen LogP contribution is 2.17. The van der Waals surface area contributed by atoms with Crippen LogP contribution in [0, 0.1) is 0 Å². The maximum absolute atomic E-state index is 12.3. The molecule has 21 heavy (non-hydrogen) atoms. The quantitative estimate of drug-likeness (QED) is 0.852. The van der Waals surface area contributed by atoms with Crippen molar-refractivity contribution in [2.75, 3.05) is 0 Å². The summed E-state index contributed by atoms with van der Waals surface area (Å²) in [5.41, 5.74) is 1.13. The molecule has 0 saturated carbocycles. The molecule has 0 radical (unpaired) electrons. The molecule has 112 valence electrons. The predicted molar refractivity (Wildman–Crippen MR) is 78.4 cm³/mol. The molecule has 2 aromatic rings. The van der Waals surface area contributed by atoms with Crippen LogP contribution in [-0.2, 0) is 17.1 Å². The van der Waals surface area contributed by atoms with E-state index in [-0.39, 0.29) is 10.7 Å². The fourth-order valence-corrected chi connectivity index (χ4v) is 3.19. The van der Waals surface area contributed by atoms with E-state index < -0.39 is 16.1 Å². The molecule has 0 spiro atoms. The number of aryl methyl sites for hydroxylation is 1. The number of nitrogens with zero attached hydrogens (tertiary/aromatic N) is 2. The van der Waals surface area contributed by atoms with Gasteiger partial charge in [-0.05, 0) is 26.0 Å². The highest BCUT2D eigenvalue weighted by molar-refractivity contribution is 7.89. The zero-order valence-corrected chi connectivity index (χ0v) is 12.9. The first-order valence-electron chi connectivity index (χ1n) is 6.41. The van der Waals surface area contributed by atoms with Crippen molar-refractivity contribution < 1.29 is 13.2 Å². The van der Waals surface area contributed by atoms with Crippen molar-refractivity contribution in [2.24, 2.45) is 7.05 Å². The van der Waals surface area contributed by atoms with Crippen molar-refractivity contribution >= 4 is 15.8 Å². The molecule has 2 rings (SSSR count). The van der Waals surface area contributed by atoms with E-state index in [1.165, 1.54) is 19.1 Å². The molecule has 1 aromatic carbocycles. The third kappa shape index (κ3) is 3.56. The van der Waals surface area contributed by atoms with Crippen LogP contribution in [0.5, 0.6) is 0 Å². The van der Waals surface area contributed by atoms with Gasteiger partial charge >= 0.3 is 0 Å². The van der Waals surface area contributed by atoms with E-state index in [0.717, 1.165) is 5.56 Å². The van der Waals surface area contributed by atoms with Crippen LogP contribution in [0.1, 0.15) is 35.8 Å². The molecular weight excluding hydrogens is 290 g/mol. The number of hydrogen-bond donors (Lipinski definition) is 1. The molecule has 6 nitrogen and oxygen atoms in total. The Bertz CT molecular complexity index is 765. The van der Waals surface area contributed by atoms with Gasteiger partial charge in [0.1, 0.15) is 0 Å². The van der Waals surface area contributed by atoms with Crippen molar-refractivity contribution in [3.05, 3.63) is 47.8 Å². The maximum Gasteiger partial charge on any atom is 0.241 e. The molecule has 0 aliphatic rings. The molecule has 0 fully saturated rings. The number of carbonyl (C=O) groups excluding carboxylic acids is 1. The number of sulfonamides is 1. The van der Waals surface area contributed by atoms with E-state index in [2.05, 4.69) is 9.82 Å². The van der Waals surface area contributed by atoms with Crippen molar-refractivity contribution in [1.29, 1.82) is 0 Å². The standard InChI is InChI=1S/C14H17N3O3S/c1-10(13-8-15-17(3)9-13)16-21(19,20)14-6-4-5-12(7-14)11(2)18/h4-10,16H,1-3H3. The average molecular weight is 307 g/mol. The summed E-state index contributed by atoms with van der Waals surface area (Å²) in [4.78, 5) is 11.4. The molecule has 0 saturated heterocycles. The van der Waals surface area contributed by atoms with Gasteiger partial charge in [-0.25, -0.2) is 13.1 Å². The van der Waals surface area contributed by atoms with E-state index in [9.17, 15) is 13.2 Å². The van der Waals surface area contributed by atoms with Gasteiger partial charge in [-0.2, -0.15) is 5.10 Å². The molecule has 1 unspecified atom stereocenters. The minimum Gasteiger partial charge on any atom is -0.295 e. The van der Waals surface area contributed by atoms with Gasteiger partial charge in [0.2, 0.25) is 10.0 Å². The molecule has 7 heteroatoms. The van der Waals surface area contributed by atoms with Crippen LogP contribution in [0.3, 0.4) is 0 Å². The Morgan fingerprint density at radius 1 is 1.38 bits per heavy atom. The number of aromatic nitrogens is 2. The van der Waals surface area contributed by atoms with Crippen LogP contribution < -0.4 is 4.72 Å². The van der Waals surface area contributed by atoms with Gasteiger partial charge in [0.15, 0.2) is 5.78 Å². The van der Waals surface area contributed by atoms with Crippen LogP contribution in [0.4, 0.5) is 0 Å². The lowest BCUT2D eigenvalue weighted by Gasteiger charge is -2.13. The van der Waals surface area contributed by atoms with E-state index in [1.54, 1.807) is 43.2 Å². The lowest BCUT2D eigenvalue weighted by Crippen LogP contribution is -2.26. The minimum absolute atomic E-state index is 0.0749. The molecule has 0 aliphatic carbocycles. The van der Waals surface area contributed by atoms with Gasteiger partial charge in [0.05, 0.1) is 11.1 Å². The van der Waals surface area contributed by atoms with Crippen LogP contribution in [0.15, 0.2) is 41.6 Å². The first-order chi connectivity index (χ1) is 9.79. The summed E-state index contributed by atoms with van der Waals surface area (Å²) in [5.74, 6) is -0.174. The third-order valence-corrected chi connectivity index (χ3v) is 4.65. The fraction of sp³-hybridized carbons (Fsp3) is 0.286. The van der Waals surface area contributed by atoms with Gasteiger partial charge < -0.3 is 0 Å². The second-order valence-electron chi connectivity index (χ2n) is 4.87. The Kier molecular flexibility index (Phi) is 4.24. The van der Waals surface area contributed by atoms with Gasteiger partial charge in [-0.3, -0.25) is 9.48 Å². The SMILES string of the molecule is CC(=O)c1cccc(S(=O)(=O)NC(C)c2cnn(C)c2)c1. The molecule has 0 aliphatic heterocycles. The summed E-state index contributed by atoms with van der Waals surface area (Å²) in [6.45, 7) is 3.14. The van der Waals surface area contributed by atoms with E-state index in [0.29, 0.717) is 5.56 Å². The zero-order chi connectivity index (χ0) is 15.6. The van der Waals surface area contributed by atoms with Crippen molar-refractivity contribution in [2.45, 2.75) is 24.8 Å². The van der Waals surface area contributed by atoms with Crippen molar-refractivity contribution in [3.8, 4) is 0 Å². The largest absolute Gasteiger partial charge is 0.295 e. The van der Waals surface area contributed by atoms with Crippen LogP contribution in [0.25, 0.3) is 0 Å². The smallest absolute Gasteiger partial charge is 0.241 e. The summed E-state index contributed by atoms with van der Waals surface area (Å²) >= 11 is 0. The Morgan fingerprint density at radius 3 is 2.67 bits per heavy atom. The number of benzene rings is 1. The first-order valence-corrected chi connectivity index (χ1v) is 7.90. The van der Waals surface area contributed by atoms with Crippen molar-refractivity contribution in [3.63, 3.8) is 0 Å². The summed E-state index contributed by atoms with van der Waals surface area (Å²) in [7, 11) is -1.93. The number of nitrogens with one attached hydrogen (secondary N) is 1. The van der Waals surface area contributed by atoms with Gasteiger partial charge in [0.25, 0.3) is 0 Å². The molecule has 1 N–H and O–H groups in total. The van der Waals surface area contributed by atoms with Crippen LogP contribution >= 0.6 is 0 Å². The Hall–Kier alpha value is -1.99.